The highest BCUT2D eigenvalue weighted by atomic mass is 16.5. The van der Waals surface area contributed by atoms with E-state index in [1.54, 1.807) is 7.11 Å². The molecule has 0 radical (unpaired) electrons. The van der Waals surface area contributed by atoms with Gasteiger partial charge in [0.2, 0.25) is 0 Å². The summed E-state index contributed by atoms with van der Waals surface area (Å²) < 4.78 is 5.21. The largest absolute Gasteiger partial charge is 0.497 e. The molecule has 0 saturated heterocycles. The van der Waals surface area contributed by atoms with Gasteiger partial charge in [-0.2, -0.15) is 0 Å². The number of rotatable bonds is 5. The van der Waals surface area contributed by atoms with Crippen LogP contribution in [-0.4, -0.2) is 12.2 Å². The molecule has 3 heteroatoms. The van der Waals surface area contributed by atoms with Crippen molar-refractivity contribution in [3.63, 3.8) is 0 Å². The van der Waals surface area contributed by atoms with Crippen LogP contribution in [-0.2, 0) is 6.61 Å². The van der Waals surface area contributed by atoms with Gasteiger partial charge < -0.3 is 15.2 Å². The van der Waals surface area contributed by atoms with Crippen molar-refractivity contribution in [2.45, 2.75) is 26.5 Å². The number of aliphatic hydroxyl groups excluding tert-OH is 1. The fourth-order valence-electron chi connectivity index (χ4n) is 2.20. The lowest BCUT2D eigenvalue weighted by molar-refractivity contribution is 0.281. The number of hydrogen-bond donors (Lipinski definition) is 2. The van der Waals surface area contributed by atoms with E-state index in [0.29, 0.717) is 0 Å². The summed E-state index contributed by atoms with van der Waals surface area (Å²) in [6.45, 7) is 4.24. The molecule has 0 aliphatic heterocycles. The molecule has 0 amide bonds. The molecular weight excluding hydrogens is 250 g/mol. The summed E-state index contributed by atoms with van der Waals surface area (Å²) in [6, 6.07) is 14.2. The fourth-order valence-corrected chi connectivity index (χ4v) is 2.20. The summed E-state index contributed by atoms with van der Waals surface area (Å²) in [4.78, 5) is 0. The summed E-state index contributed by atoms with van der Waals surface area (Å²) in [7, 11) is 1.67. The third-order valence-corrected chi connectivity index (χ3v) is 3.44. The third-order valence-electron chi connectivity index (χ3n) is 3.44. The van der Waals surface area contributed by atoms with Gasteiger partial charge in [0.05, 0.1) is 13.7 Å². The lowest BCUT2D eigenvalue weighted by Crippen LogP contribution is -2.08. The van der Waals surface area contributed by atoms with Crippen molar-refractivity contribution in [2.24, 2.45) is 0 Å². The summed E-state index contributed by atoms with van der Waals surface area (Å²) in [5.41, 5.74) is 4.33. The zero-order valence-corrected chi connectivity index (χ0v) is 12.2. The standard InChI is InChI=1S/C17H21NO2/c1-12-9-16(20-3)7-8-17(12)18-13(2)15-6-4-5-14(10-15)11-19/h4-10,13,18-19H,11H2,1-3H3. The van der Waals surface area contributed by atoms with Gasteiger partial charge in [-0.15, -0.1) is 0 Å². The molecule has 2 N–H and O–H groups in total. The Kier molecular flexibility index (Phi) is 4.64. The molecule has 0 fully saturated rings. The Bertz CT molecular complexity index is 581. The number of aliphatic hydroxyl groups is 1. The normalized spacial score (nSPS) is 12.0. The van der Waals surface area contributed by atoms with Crippen molar-refractivity contribution >= 4 is 5.69 Å². The van der Waals surface area contributed by atoms with Gasteiger partial charge in [-0.1, -0.05) is 24.3 Å². The average Bonchev–Trinajstić information content (AvgIpc) is 2.49. The molecule has 2 aromatic carbocycles. The average molecular weight is 271 g/mol. The summed E-state index contributed by atoms with van der Waals surface area (Å²) in [5, 5.41) is 12.7. The Hall–Kier alpha value is -2.00. The first-order valence-electron chi connectivity index (χ1n) is 6.75. The highest BCUT2D eigenvalue weighted by molar-refractivity contribution is 5.54. The van der Waals surface area contributed by atoms with Gasteiger partial charge in [0.15, 0.2) is 0 Å². The predicted molar refractivity (Wildman–Crippen MR) is 82.1 cm³/mol. The maximum absolute atomic E-state index is 9.20. The van der Waals surface area contributed by atoms with Gasteiger partial charge in [0.25, 0.3) is 0 Å². The van der Waals surface area contributed by atoms with E-state index in [1.807, 2.05) is 36.4 Å². The van der Waals surface area contributed by atoms with Gasteiger partial charge in [-0.25, -0.2) is 0 Å². The summed E-state index contributed by atoms with van der Waals surface area (Å²) in [6.07, 6.45) is 0. The second kappa shape index (κ2) is 6.44. The van der Waals surface area contributed by atoms with E-state index in [2.05, 4.69) is 25.2 Å². The Morgan fingerprint density at radius 1 is 1.20 bits per heavy atom. The molecule has 2 aromatic rings. The first-order valence-corrected chi connectivity index (χ1v) is 6.75. The Morgan fingerprint density at radius 2 is 2.00 bits per heavy atom. The third kappa shape index (κ3) is 3.31. The van der Waals surface area contributed by atoms with Crippen LogP contribution in [0.15, 0.2) is 42.5 Å². The highest BCUT2D eigenvalue weighted by Gasteiger charge is 2.08. The van der Waals surface area contributed by atoms with E-state index in [1.165, 1.54) is 0 Å². The molecule has 3 nitrogen and oxygen atoms in total. The summed E-state index contributed by atoms with van der Waals surface area (Å²) in [5.74, 6) is 0.864. The zero-order chi connectivity index (χ0) is 14.5. The van der Waals surface area contributed by atoms with Crippen LogP contribution in [0, 0.1) is 6.92 Å². The maximum Gasteiger partial charge on any atom is 0.119 e. The van der Waals surface area contributed by atoms with E-state index in [4.69, 9.17) is 4.74 Å². The fraction of sp³-hybridized carbons (Fsp3) is 0.294. The second-order valence-electron chi connectivity index (χ2n) is 4.95. The molecule has 0 spiro atoms. The molecule has 106 valence electrons. The van der Waals surface area contributed by atoms with Crippen molar-refractivity contribution in [1.29, 1.82) is 0 Å². The molecule has 0 heterocycles. The molecular formula is C17H21NO2. The molecule has 0 bridgehead atoms. The Balaban J connectivity index is 2.16. The van der Waals surface area contributed by atoms with Crippen molar-refractivity contribution in [3.05, 3.63) is 59.2 Å². The van der Waals surface area contributed by atoms with E-state index < -0.39 is 0 Å². The SMILES string of the molecule is COc1ccc(NC(C)c2cccc(CO)c2)c(C)c1. The van der Waals surface area contributed by atoms with Crippen molar-refractivity contribution in [2.75, 3.05) is 12.4 Å². The molecule has 20 heavy (non-hydrogen) atoms. The maximum atomic E-state index is 9.20. The lowest BCUT2D eigenvalue weighted by atomic mass is 10.0. The second-order valence-corrected chi connectivity index (χ2v) is 4.95. The van der Waals surface area contributed by atoms with E-state index >= 15 is 0 Å². The van der Waals surface area contributed by atoms with Gasteiger partial charge in [0, 0.05) is 11.7 Å². The monoisotopic (exact) mass is 271 g/mol. The summed E-state index contributed by atoms with van der Waals surface area (Å²) >= 11 is 0. The number of methoxy groups -OCH3 is 1. The number of anilines is 1. The number of aryl methyl sites for hydroxylation is 1. The van der Waals surface area contributed by atoms with Crippen LogP contribution in [0.5, 0.6) is 5.75 Å². The van der Waals surface area contributed by atoms with Gasteiger partial charge in [0.1, 0.15) is 5.75 Å². The van der Waals surface area contributed by atoms with Crippen LogP contribution in [0.3, 0.4) is 0 Å². The van der Waals surface area contributed by atoms with E-state index in [-0.39, 0.29) is 12.6 Å². The minimum atomic E-state index is 0.0716. The molecule has 0 aliphatic carbocycles. The lowest BCUT2D eigenvalue weighted by Gasteiger charge is -2.18. The topological polar surface area (TPSA) is 41.5 Å². The van der Waals surface area contributed by atoms with Crippen molar-refractivity contribution < 1.29 is 9.84 Å². The number of benzene rings is 2. The number of hydrogen-bond acceptors (Lipinski definition) is 3. The molecule has 1 atom stereocenters. The van der Waals surface area contributed by atoms with Crippen molar-refractivity contribution in [1.82, 2.24) is 0 Å². The van der Waals surface area contributed by atoms with Crippen LogP contribution < -0.4 is 10.1 Å². The minimum absolute atomic E-state index is 0.0716. The minimum Gasteiger partial charge on any atom is -0.497 e. The Labute approximate surface area is 120 Å². The smallest absolute Gasteiger partial charge is 0.119 e. The highest BCUT2D eigenvalue weighted by Crippen LogP contribution is 2.25. The van der Waals surface area contributed by atoms with E-state index in [9.17, 15) is 5.11 Å². The number of nitrogens with one attached hydrogen (secondary N) is 1. The van der Waals surface area contributed by atoms with Gasteiger partial charge in [-0.05, 0) is 48.7 Å². The molecule has 0 aromatic heterocycles. The van der Waals surface area contributed by atoms with Gasteiger partial charge in [-0.3, -0.25) is 0 Å². The zero-order valence-electron chi connectivity index (χ0n) is 12.2. The van der Waals surface area contributed by atoms with Crippen LogP contribution >= 0.6 is 0 Å². The van der Waals surface area contributed by atoms with E-state index in [0.717, 1.165) is 28.1 Å². The number of ether oxygens (including phenoxy) is 1. The van der Waals surface area contributed by atoms with Crippen molar-refractivity contribution in [3.8, 4) is 5.75 Å². The molecule has 0 aliphatic rings. The Morgan fingerprint density at radius 3 is 2.65 bits per heavy atom. The first-order chi connectivity index (χ1) is 9.63. The molecule has 0 saturated carbocycles. The first kappa shape index (κ1) is 14.4. The van der Waals surface area contributed by atoms with Crippen LogP contribution in [0.1, 0.15) is 29.7 Å². The predicted octanol–water partition coefficient (Wildman–Crippen LogP) is 3.67. The van der Waals surface area contributed by atoms with Gasteiger partial charge >= 0.3 is 0 Å². The van der Waals surface area contributed by atoms with Crippen LogP contribution in [0.2, 0.25) is 0 Å². The van der Waals surface area contributed by atoms with Crippen LogP contribution in [0.4, 0.5) is 5.69 Å². The molecule has 2 rings (SSSR count). The van der Waals surface area contributed by atoms with Crippen LogP contribution in [0.25, 0.3) is 0 Å². The quantitative estimate of drug-likeness (QED) is 0.872. The molecule has 1 unspecified atom stereocenters.